The van der Waals surface area contributed by atoms with Gasteiger partial charge in [-0.1, -0.05) is 29.5 Å². The molecule has 0 radical (unpaired) electrons. The molecule has 0 saturated carbocycles. The molecule has 0 atom stereocenters. The molecule has 114 valence electrons. The van der Waals surface area contributed by atoms with Gasteiger partial charge in [0, 0.05) is 5.69 Å². The van der Waals surface area contributed by atoms with Crippen LogP contribution in [0.15, 0.2) is 42.5 Å². The molecule has 0 saturated heterocycles. The third kappa shape index (κ3) is 2.76. The first-order chi connectivity index (χ1) is 11.3. The molecule has 1 aromatic carbocycles. The van der Waals surface area contributed by atoms with E-state index in [0.717, 1.165) is 15.9 Å². The molecule has 3 aromatic heterocycles. The van der Waals surface area contributed by atoms with Crippen LogP contribution in [0.5, 0.6) is 5.19 Å². The average Bonchev–Trinajstić information content (AvgIpc) is 3.19. The van der Waals surface area contributed by atoms with Gasteiger partial charge < -0.3 is 4.74 Å². The van der Waals surface area contributed by atoms with Crippen molar-refractivity contribution in [3.8, 4) is 11.0 Å². The van der Waals surface area contributed by atoms with E-state index < -0.39 is 0 Å². The Hall–Kier alpha value is -2.87. The Morgan fingerprint density at radius 3 is 2.87 bits per heavy atom. The Balaban J connectivity index is 1.57. The molecule has 0 spiro atoms. The lowest BCUT2D eigenvalue weighted by atomic mass is 10.3. The van der Waals surface area contributed by atoms with Crippen molar-refractivity contribution in [2.45, 2.75) is 13.5 Å². The van der Waals surface area contributed by atoms with Crippen molar-refractivity contribution < 1.29 is 4.74 Å². The van der Waals surface area contributed by atoms with Crippen LogP contribution < -0.4 is 4.74 Å². The predicted octanol–water partition coefficient (Wildman–Crippen LogP) is 2.55. The van der Waals surface area contributed by atoms with Crippen molar-refractivity contribution in [2.24, 2.45) is 0 Å². The molecule has 3 heterocycles. The summed E-state index contributed by atoms with van der Waals surface area (Å²) in [6.45, 7) is 2.15. The summed E-state index contributed by atoms with van der Waals surface area (Å²) >= 11 is 1.50. The molecular weight excluding hydrogens is 312 g/mol. The van der Waals surface area contributed by atoms with Gasteiger partial charge in [0.2, 0.25) is 0 Å². The first-order valence-electron chi connectivity index (χ1n) is 6.99. The van der Waals surface area contributed by atoms with Crippen LogP contribution in [0.3, 0.4) is 0 Å². The zero-order chi connectivity index (χ0) is 15.6. The highest BCUT2D eigenvalue weighted by molar-refractivity contribution is 7.20. The molecule has 0 fully saturated rings. The summed E-state index contributed by atoms with van der Waals surface area (Å²) in [5, 5.41) is 12.3. The minimum atomic E-state index is 0.225. The lowest BCUT2D eigenvalue weighted by Gasteiger charge is -2.04. The second-order valence-electron chi connectivity index (χ2n) is 4.88. The molecule has 0 bridgehead atoms. The first kappa shape index (κ1) is 13.8. The third-order valence-electron chi connectivity index (χ3n) is 3.22. The van der Waals surface area contributed by atoms with Crippen LogP contribution >= 0.6 is 11.3 Å². The molecule has 0 N–H and O–H groups in total. The topological polar surface area (TPSA) is 78.6 Å². The number of tetrazole rings is 1. The van der Waals surface area contributed by atoms with Gasteiger partial charge in [0.1, 0.15) is 0 Å². The quantitative estimate of drug-likeness (QED) is 0.574. The van der Waals surface area contributed by atoms with Gasteiger partial charge in [-0.3, -0.25) is 0 Å². The van der Waals surface area contributed by atoms with Crippen LogP contribution in [0, 0.1) is 6.92 Å². The highest BCUT2D eigenvalue weighted by atomic mass is 32.1. The SMILES string of the molecule is Cc1cccc(-n2nnnc2COc2nc3ccccc3s2)n1. The number of fused-ring (bicyclic) bond motifs is 1. The molecule has 8 heteroatoms. The molecule has 0 amide bonds. The van der Waals surface area contributed by atoms with E-state index in [4.69, 9.17) is 4.74 Å². The fraction of sp³-hybridized carbons (Fsp3) is 0.133. The Labute approximate surface area is 135 Å². The van der Waals surface area contributed by atoms with E-state index in [1.165, 1.54) is 11.3 Å². The highest BCUT2D eigenvalue weighted by Gasteiger charge is 2.12. The maximum Gasteiger partial charge on any atom is 0.274 e. The van der Waals surface area contributed by atoms with E-state index in [1.807, 2.05) is 49.4 Å². The molecule has 23 heavy (non-hydrogen) atoms. The van der Waals surface area contributed by atoms with Gasteiger partial charge in [0.05, 0.1) is 10.2 Å². The van der Waals surface area contributed by atoms with Gasteiger partial charge in [0.25, 0.3) is 5.19 Å². The molecule has 4 aromatic rings. The third-order valence-corrected chi connectivity index (χ3v) is 4.17. The number of ether oxygens (including phenoxy) is 1. The van der Waals surface area contributed by atoms with E-state index in [9.17, 15) is 0 Å². The fourth-order valence-electron chi connectivity index (χ4n) is 2.16. The lowest BCUT2D eigenvalue weighted by Crippen LogP contribution is -2.08. The van der Waals surface area contributed by atoms with E-state index in [1.54, 1.807) is 4.68 Å². The van der Waals surface area contributed by atoms with Crippen LogP contribution in [0.25, 0.3) is 16.0 Å². The molecule has 0 aliphatic rings. The van der Waals surface area contributed by atoms with E-state index in [-0.39, 0.29) is 6.61 Å². The normalized spacial score (nSPS) is 11.0. The summed E-state index contributed by atoms with van der Waals surface area (Å²) in [6.07, 6.45) is 0. The number of rotatable bonds is 4. The van der Waals surface area contributed by atoms with Crippen molar-refractivity contribution in [3.63, 3.8) is 0 Å². The van der Waals surface area contributed by atoms with Crippen LogP contribution in [0.4, 0.5) is 0 Å². The highest BCUT2D eigenvalue weighted by Crippen LogP contribution is 2.27. The van der Waals surface area contributed by atoms with Gasteiger partial charge in [-0.25, -0.2) is 9.97 Å². The zero-order valence-electron chi connectivity index (χ0n) is 12.2. The molecular formula is C15H12N6OS. The number of aryl methyl sites for hydroxylation is 1. The van der Waals surface area contributed by atoms with Gasteiger partial charge in [-0.05, 0) is 41.6 Å². The maximum absolute atomic E-state index is 5.74. The molecule has 4 rings (SSSR count). The number of nitrogens with zero attached hydrogens (tertiary/aromatic N) is 6. The largest absolute Gasteiger partial charge is 0.462 e. The fourth-order valence-corrected chi connectivity index (χ4v) is 2.97. The summed E-state index contributed by atoms with van der Waals surface area (Å²) in [6, 6.07) is 13.6. The number of hydrogen-bond donors (Lipinski definition) is 0. The van der Waals surface area contributed by atoms with Crippen molar-refractivity contribution in [1.82, 2.24) is 30.2 Å². The van der Waals surface area contributed by atoms with Gasteiger partial charge in [-0.15, -0.1) is 5.10 Å². The van der Waals surface area contributed by atoms with Gasteiger partial charge >= 0.3 is 0 Å². The minimum absolute atomic E-state index is 0.225. The maximum atomic E-state index is 5.74. The van der Waals surface area contributed by atoms with E-state index in [0.29, 0.717) is 16.8 Å². The molecule has 0 aliphatic carbocycles. The van der Waals surface area contributed by atoms with Crippen LogP contribution in [-0.4, -0.2) is 30.2 Å². The predicted molar refractivity (Wildman–Crippen MR) is 85.6 cm³/mol. The van der Waals surface area contributed by atoms with E-state index in [2.05, 4.69) is 25.5 Å². The summed E-state index contributed by atoms with van der Waals surface area (Å²) in [5.74, 6) is 1.24. The number of aromatic nitrogens is 6. The van der Waals surface area contributed by atoms with Gasteiger partial charge in [-0.2, -0.15) is 4.68 Å². The number of benzene rings is 1. The van der Waals surface area contributed by atoms with E-state index >= 15 is 0 Å². The summed E-state index contributed by atoms with van der Waals surface area (Å²) < 4.78 is 8.40. The molecule has 0 unspecified atom stereocenters. The van der Waals surface area contributed by atoms with Crippen LogP contribution in [-0.2, 0) is 6.61 Å². The Kier molecular flexibility index (Phi) is 3.43. The number of thiazole rings is 1. The lowest BCUT2D eigenvalue weighted by molar-refractivity contribution is 0.291. The number of hydrogen-bond acceptors (Lipinski definition) is 7. The second-order valence-corrected chi connectivity index (χ2v) is 5.87. The number of para-hydroxylation sites is 1. The standard InChI is InChI=1S/C15H12N6OS/c1-10-5-4-8-13(16-10)21-14(18-19-20-21)9-22-15-17-11-6-2-3-7-12(11)23-15/h2-8H,9H2,1H3. The van der Waals surface area contributed by atoms with Crippen molar-refractivity contribution in [1.29, 1.82) is 0 Å². The second kappa shape index (κ2) is 5.73. The zero-order valence-corrected chi connectivity index (χ0v) is 13.1. The molecule has 0 aliphatic heterocycles. The summed E-state index contributed by atoms with van der Waals surface area (Å²) in [4.78, 5) is 8.85. The summed E-state index contributed by atoms with van der Waals surface area (Å²) in [7, 11) is 0. The van der Waals surface area contributed by atoms with Gasteiger partial charge in [0.15, 0.2) is 18.2 Å². The van der Waals surface area contributed by atoms with Crippen LogP contribution in [0.1, 0.15) is 11.5 Å². The molecule has 7 nitrogen and oxygen atoms in total. The first-order valence-corrected chi connectivity index (χ1v) is 7.81. The smallest absolute Gasteiger partial charge is 0.274 e. The average molecular weight is 324 g/mol. The summed E-state index contributed by atoms with van der Waals surface area (Å²) in [5.41, 5.74) is 1.82. The Bertz CT molecular complexity index is 930. The Morgan fingerprint density at radius 1 is 1.09 bits per heavy atom. The van der Waals surface area contributed by atoms with Crippen molar-refractivity contribution in [3.05, 3.63) is 54.0 Å². The van der Waals surface area contributed by atoms with Crippen molar-refractivity contribution in [2.75, 3.05) is 0 Å². The van der Waals surface area contributed by atoms with Crippen LogP contribution in [0.2, 0.25) is 0 Å². The van der Waals surface area contributed by atoms with Crippen molar-refractivity contribution >= 4 is 21.6 Å². The Morgan fingerprint density at radius 2 is 2.00 bits per heavy atom. The monoisotopic (exact) mass is 324 g/mol. The minimum Gasteiger partial charge on any atom is -0.462 e. The number of pyridine rings is 1.